The van der Waals surface area contributed by atoms with E-state index in [0.29, 0.717) is 23.1 Å². The van der Waals surface area contributed by atoms with Crippen LogP contribution in [0.2, 0.25) is 0 Å². The third-order valence-electron chi connectivity index (χ3n) is 5.18. The largest absolute Gasteiger partial charge is 0.394 e. The van der Waals surface area contributed by atoms with E-state index in [1.54, 1.807) is 30.3 Å². The highest BCUT2D eigenvalue weighted by atomic mass is 32.2. The third kappa shape index (κ3) is 4.94. The molecule has 1 heterocycles. The molecule has 8 nitrogen and oxygen atoms in total. The van der Waals surface area contributed by atoms with E-state index in [0.717, 1.165) is 11.1 Å². The summed E-state index contributed by atoms with van der Waals surface area (Å²) in [5, 5.41) is 49.2. The summed E-state index contributed by atoms with van der Waals surface area (Å²) >= 11 is -1.92. The van der Waals surface area contributed by atoms with E-state index >= 15 is 0 Å². The summed E-state index contributed by atoms with van der Waals surface area (Å²) in [7, 11) is 0. The van der Waals surface area contributed by atoms with E-state index in [1.165, 1.54) is 0 Å². The van der Waals surface area contributed by atoms with Crippen molar-refractivity contribution in [3.05, 3.63) is 70.3 Å². The lowest BCUT2D eigenvalue weighted by Gasteiger charge is -2.40. The minimum atomic E-state index is -1.92. The van der Waals surface area contributed by atoms with E-state index in [2.05, 4.69) is 6.07 Å². The standard InChI is InChI=1S/C21H23NO7S/c22-9-15-6-5-14(21-20(26)19(25)18(24)17(10-23)29-21)8-16(15)7-12-1-3-13(4-2-12)11-30(27)28/h1-6,8,17-21,23-26H,7,10-11H2,(H,27,28)/t17-,18-,19+,20-,21+/m1/s1. The van der Waals surface area contributed by atoms with Crippen molar-refractivity contribution in [1.82, 2.24) is 0 Å². The third-order valence-corrected chi connectivity index (χ3v) is 5.76. The first-order valence-corrected chi connectivity index (χ1v) is 10.6. The van der Waals surface area contributed by atoms with Gasteiger partial charge in [-0.15, -0.1) is 0 Å². The fraction of sp³-hybridized carbons (Fsp3) is 0.381. The summed E-state index contributed by atoms with van der Waals surface area (Å²) in [6, 6.07) is 14.1. The molecule has 6 atom stereocenters. The molecule has 0 aromatic heterocycles. The van der Waals surface area contributed by atoms with Gasteiger partial charge in [-0.25, -0.2) is 4.21 Å². The second-order valence-electron chi connectivity index (χ2n) is 7.24. The number of hydrogen-bond donors (Lipinski definition) is 5. The average molecular weight is 433 g/mol. The SMILES string of the molecule is N#Cc1ccc([C@@H]2O[C@H](CO)[C@@H](O)[C@H](O)[C@H]2O)cc1Cc1ccc(CS(=O)O)cc1. The molecule has 0 spiro atoms. The molecule has 3 rings (SSSR count). The Kier molecular flexibility index (Phi) is 7.33. The average Bonchev–Trinajstić information content (AvgIpc) is 2.73. The van der Waals surface area contributed by atoms with Crippen LogP contribution >= 0.6 is 0 Å². The zero-order valence-electron chi connectivity index (χ0n) is 16.0. The van der Waals surface area contributed by atoms with Crippen molar-refractivity contribution < 1.29 is 33.9 Å². The van der Waals surface area contributed by atoms with Gasteiger partial charge in [-0.05, 0) is 34.7 Å². The van der Waals surface area contributed by atoms with Gasteiger partial charge < -0.3 is 29.7 Å². The number of aliphatic hydroxyl groups is 4. The number of nitrogens with zero attached hydrogens (tertiary/aromatic N) is 1. The minimum Gasteiger partial charge on any atom is -0.394 e. The van der Waals surface area contributed by atoms with Crippen LogP contribution in [0.3, 0.4) is 0 Å². The molecule has 0 saturated carbocycles. The summed E-state index contributed by atoms with van der Waals surface area (Å²) in [6.45, 7) is -0.518. The second-order valence-corrected chi connectivity index (χ2v) is 8.17. The molecule has 1 aliphatic heterocycles. The molecular formula is C21H23NO7S. The van der Waals surface area contributed by atoms with Crippen molar-refractivity contribution in [2.24, 2.45) is 0 Å². The predicted molar refractivity (Wildman–Crippen MR) is 108 cm³/mol. The van der Waals surface area contributed by atoms with E-state index in [9.17, 15) is 29.9 Å². The fourth-order valence-electron chi connectivity index (χ4n) is 3.54. The maximum absolute atomic E-state index is 10.9. The molecule has 30 heavy (non-hydrogen) atoms. The van der Waals surface area contributed by atoms with Crippen molar-refractivity contribution >= 4 is 11.1 Å². The molecule has 0 amide bonds. The van der Waals surface area contributed by atoms with Crippen LogP contribution in [0.4, 0.5) is 0 Å². The Hall–Kier alpha value is -2.16. The molecule has 0 bridgehead atoms. The number of ether oxygens (including phenoxy) is 1. The van der Waals surface area contributed by atoms with Crippen LogP contribution < -0.4 is 0 Å². The Morgan fingerprint density at radius 2 is 1.67 bits per heavy atom. The highest BCUT2D eigenvalue weighted by molar-refractivity contribution is 7.78. The molecule has 0 aliphatic carbocycles. The highest BCUT2D eigenvalue weighted by Gasteiger charge is 2.44. The Balaban J connectivity index is 1.87. The van der Waals surface area contributed by atoms with E-state index in [-0.39, 0.29) is 5.75 Å². The van der Waals surface area contributed by atoms with Crippen molar-refractivity contribution in [1.29, 1.82) is 5.26 Å². The quantitative estimate of drug-likeness (QED) is 0.410. The van der Waals surface area contributed by atoms with E-state index in [1.807, 2.05) is 12.1 Å². The van der Waals surface area contributed by atoms with Crippen LogP contribution in [0, 0.1) is 11.3 Å². The van der Waals surface area contributed by atoms with Crippen molar-refractivity contribution in [3.8, 4) is 6.07 Å². The number of hydrogen-bond acceptors (Lipinski definition) is 7. The van der Waals surface area contributed by atoms with E-state index < -0.39 is 48.2 Å². The normalized spacial score (nSPS) is 27.4. The Labute approximate surface area is 176 Å². The lowest BCUT2D eigenvalue weighted by atomic mass is 9.89. The Morgan fingerprint density at radius 3 is 2.27 bits per heavy atom. The van der Waals surface area contributed by atoms with Crippen molar-refractivity contribution in [2.45, 2.75) is 42.7 Å². The van der Waals surface area contributed by atoms with Crippen LogP contribution in [-0.4, -0.2) is 60.2 Å². The zero-order valence-corrected chi connectivity index (χ0v) is 16.8. The number of benzene rings is 2. The first-order chi connectivity index (χ1) is 14.3. The van der Waals surface area contributed by atoms with Crippen molar-refractivity contribution in [3.63, 3.8) is 0 Å². The van der Waals surface area contributed by atoms with Crippen LogP contribution in [0.1, 0.15) is 33.9 Å². The maximum Gasteiger partial charge on any atom is 0.157 e. The molecule has 0 radical (unpaired) electrons. The lowest BCUT2D eigenvalue weighted by Crippen LogP contribution is -2.55. The van der Waals surface area contributed by atoms with Gasteiger partial charge >= 0.3 is 0 Å². The van der Waals surface area contributed by atoms with Gasteiger partial charge in [0.05, 0.1) is 24.0 Å². The molecule has 2 aromatic carbocycles. The summed E-state index contributed by atoms with van der Waals surface area (Å²) < 4.78 is 25.5. The second kappa shape index (κ2) is 9.76. The van der Waals surface area contributed by atoms with Gasteiger partial charge in [-0.2, -0.15) is 5.26 Å². The van der Waals surface area contributed by atoms with Gasteiger partial charge in [-0.1, -0.05) is 36.4 Å². The monoisotopic (exact) mass is 433 g/mol. The molecular weight excluding hydrogens is 410 g/mol. The molecule has 9 heteroatoms. The first-order valence-electron chi connectivity index (χ1n) is 9.32. The summed E-state index contributed by atoms with van der Waals surface area (Å²) in [4.78, 5) is 0. The predicted octanol–water partition coefficient (Wildman–Crippen LogP) is 0.386. The molecule has 1 fully saturated rings. The van der Waals surface area contributed by atoms with Gasteiger partial charge in [0.1, 0.15) is 30.5 Å². The molecule has 2 aromatic rings. The van der Waals surface area contributed by atoms with Crippen molar-refractivity contribution in [2.75, 3.05) is 6.61 Å². The number of rotatable bonds is 6. The van der Waals surface area contributed by atoms with Gasteiger partial charge in [0.2, 0.25) is 0 Å². The highest BCUT2D eigenvalue weighted by Crippen LogP contribution is 2.33. The van der Waals surface area contributed by atoms with Crippen LogP contribution in [0.15, 0.2) is 42.5 Å². The Morgan fingerprint density at radius 1 is 1.00 bits per heavy atom. The van der Waals surface area contributed by atoms with Gasteiger partial charge in [0.25, 0.3) is 0 Å². The maximum atomic E-state index is 10.9. The minimum absolute atomic E-state index is 0.0380. The number of nitriles is 1. The van der Waals surface area contributed by atoms with Gasteiger partial charge in [0.15, 0.2) is 11.1 Å². The first kappa shape index (κ1) is 22.5. The van der Waals surface area contributed by atoms with Gasteiger partial charge in [-0.3, -0.25) is 0 Å². The van der Waals surface area contributed by atoms with E-state index in [4.69, 9.17) is 9.29 Å². The topological polar surface area (TPSA) is 151 Å². The van der Waals surface area contributed by atoms with Crippen LogP contribution in [0.25, 0.3) is 0 Å². The summed E-state index contributed by atoms with van der Waals surface area (Å²) in [5.41, 5.74) is 3.21. The summed E-state index contributed by atoms with van der Waals surface area (Å²) in [6.07, 6.45) is -5.92. The summed E-state index contributed by atoms with van der Waals surface area (Å²) in [5.74, 6) is 0.0380. The molecule has 160 valence electrons. The molecule has 1 saturated heterocycles. The molecule has 1 aliphatic rings. The van der Waals surface area contributed by atoms with Gasteiger partial charge in [0, 0.05) is 0 Å². The zero-order chi connectivity index (χ0) is 21.8. The molecule has 5 N–H and O–H groups in total. The smallest absolute Gasteiger partial charge is 0.157 e. The molecule has 1 unspecified atom stereocenters. The fourth-order valence-corrected chi connectivity index (χ4v) is 4.02. The van der Waals surface area contributed by atoms with Crippen LogP contribution in [-0.2, 0) is 28.0 Å². The van der Waals surface area contributed by atoms with Crippen LogP contribution in [0.5, 0.6) is 0 Å². The Bertz CT molecular complexity index is 941. The lowest BCUT2D eigenvalue weighted by molar-refractivity contribution is -0.231. The number of aliphatic hydroxyl groups excluding tert-OH is 4.